The summed E-state index contributed by atoms with van der Waals surface area (Å²) in [6.45, 7) is 0. The standard InChI is InChI=1S/C6H3Cl2N2/c7-4-1-2-5(8)6(3-4)10-9/h1-3H/q-1. The van der Waals surface area contributed by atoms with Gasteiger partial charge in [-0.15, -0.1) is 0 Å². The molecule has 0 aliphatic rings. The molecular formula is C6H3Cl2N2-. The number of nitrogens with zero attached hydrogens (tertiary/aromatic N) is 2. The molecule has 0 saturated carbocycles. The molecule has 0 fully saturated rings. The van der Waals surface area contributed by atoms with Crippen LogP contribution in [0.25, 0.3) is 5.53 Å². The number of rotatable bonds is 1. The van der Waals surface area contributed by atoms with Gasteiger partial charge in [0.2, 0.25) is 0 Å². The normalized spacial score (nSPS) is 9.40. The van der Waals surface area contributed by atoms with Gasteiger partial charge in [-0.3, -0.25) is 0 Å². The summed E-state index contributed by atoms with van der Waals surface area (Å²) < 4.78 is 0. The minimum atomic E-state index is 0.286. The van der Waals surface area contributed by atoms with Gasteiger partial charge in [0.05, 0.1) is 10.7 Å². The van der Waals surface area contributed by atoms with E-state index in [1.54, 1.807) is 12.1 Å². The van der Waals surface area contributed by atoms with E-state index in [9.17, 15) is 0 Å². The first-order valence-electron chi connectivity index (χ1n) is 2.54. The first-order chi connectivity index (χ1) is 4.74. The van der Waals surface area contributed by atoms with Crippen molar-refractivity contribution in [3.05, 3.63) is 33.8 Å². The molecule has 2 nitrogen and oxygen atoms in total. The van der Waals surface area contributed by atoms with Crippen molar-refractivity contribution in [3.8, 4) is 0 Å². The van der Waals surface area contributed by atoms with Crippen LogP contribution in [0.3, 0.4) is 0 Å². The van der Waals surface area contributed by atoms with E-state index in [0.29, 0.717) is 10.0 Å². The summed E-state index contributed by atoms with van der Waals surface area (Å²) in [6, 6.07) is 4.67. The van der Waals surface area contributed by atoms with E-state index in [1.165, 1.54) is 6.07 Å². The van der Waals surface area contributed by atoms with Crippen LogP contribution in [0.2, 0.25) is 10.0 Å². The molecule has 0 spiro atoms. The average molecular weight is 174 g/mol. The van der Waals surface area contributed by atoms with Crippen molar-refractivity contribution in [2.24, 2.45) is 5.11 Å². The Morgan fingerprint density at radius 1 is 1.30 bits per heavy atom. The number of halogens is 2. The molecule has 0 N–H and O–H groups in total. The molecule has 0 aliphatic heterocycles. The zero-order valence-electron chi connectivity index (χ0n) is 4.88. The Balaban J connectivity index is 3.21. The Hall–Kier alpha value is -0.600. The molecule has 1 rings (SSSR count). The first-order valence-corrected chi connectivity index (χ1v) is 3.30. The van der Waals surface area contributed by atoms with Crippen molar-refractivity contribution >= 4 is 28.9 Å². The molecular weight excluding hydrogens is 171 g/mol. The quantitative estimate of drug-likeness (QED) is 0.582. The van der Waals surface area contributed by atoms with Gasteiger partial charge in [-0.2, -0.15) is 0 Å². The number of benzene rings is 1. The van der Waals surface area contributed by atoms with E-state index in [0.717, 1.165) is 0 Å². The minimum absolute atomic E-state index is 0.286. The van der Waals surface area contributed by atoms with Crippen molar-refractivity contribution < 1.29 is 0 Å². The SMILES string of the molecule is [N-]=Nc1cc(Cl)ccc1Cl. The summed E-state index contributed by atoms with van der Waals surface area (Å²) in [5.74, 6) is 0. The molecule has 0 bridgehead atoms. The molecule has 0 amide bonds. The molecule has 0 unspecified atom stereocenters. The summed E-state index contributed by atoms with van der Waals surface area (Å²) in [5.41, 5.74) is 8.61. The zero-order chi connectivity index (χ0) is 7.56. The lowest BCUT2D eigenvalue weighted by Crippen LogP contribution is -1.66. The van der Waals surface area contributed by atoms with E-state index >= 15 is 0 Å². The maximum absolute atomic E-state index is 8.32. The molecule has 0 aromatic heterocycles. The van der Waals surface area contributed by atoms with Crippen molar-refractivity contribution in [2.75, 3.05) is 0 Å². The summed E-state index contributed by atoms with van der Waals surface area (Å²) in [7, 11) is 0. The van der Waals surface area contributed by atoms with Crippen LogP contribution in [0.1, 0.15) is 0 Å². The molecule has 0 heterocycles. The average Bonchev–Trinajstić information content (AvgIpc) is 1.94. The van der Waals surface area contributed by atoms with Crippen molar-refractivity contribution in [2.45, 2.75) is 0 Å². The van der Waals surface area contributed by atoms with Gasteiger partial charge in [0.1, 0.15) is 0 Å². The van der Waals surface area contributed by atoms with Gasteiger partial charge < -0.3 is 10.6 Å². The molecule has 52 valence electrons. The molecule has 0 atom stereocenters. The summed E-state index contributed by atoms with van der Waals surface area (Å²) >= 11 is 11.1. The van der Waals surface area contributed by atoms with E-state index in [-0.39, 0.29) is 5.69 Å². The molecule has 4 heteroatoms. The van der Waals surface area contributed by atoms with Crippen LogP contribution >= 0.6 is 23.2 Å². The Bertz CT molecular complexity index is 260. The lowest BCUT2D eigenvalue weighted by Gasteiger charge is -1.99. The Morgan fingerprint density at radius 3 is 2.50 bits per heavy atom. The van der Waals surface area contributed by atoms with Gasteiger partial charge in [-0.05, 0) is 18.2 Å². The smallest absolute Gasteiger partial charge is 0.0645 e. The van der Waals surface area contributed by atoms with E-state index in [2.05, 4.69) is 5.11 Å². The minimum Gasteiger partial charge on any atom is -0.706 e. The van der Waals surface area contributed by atoms with Gasteiger partial charge in [-0.25, -0.2) is 0 Å². The molecule has 0 radical (unpaired) electrons. The molecule has 10 heavy (non-hydrogen) atoms. The van der Waals surface area contributed by atoms with Gasteiger partial charge >= 0.3 is 0 Å². The van der Waals surface area contributed by atoms with Crippen LogP contribution < -0.4 is 0 Å². The van der Waals surface area contributed by atoms with Crippen molar-refractivity contribution in [1.82, 2.24) is 0 Å². The van der Waals surface area contributed by atoms with E-state index in [1.807, 2.05) is 0 Å². The lowest BCUT2D eigenvalue weighted by molar-refractivity contribution is 1.50. The maximum atomic E-state index is 8.32. The summed E-state index contributed by atoms with van der Waals surface area (Å²) in [5, 5.41) is 3.79. The third-order valence-electron chi connectivity index (χ3n) is 1.02. The summed E-state index contributed by atoms with van der Waals surface area (Å²) in [4.78, 5) is 0. The Labute approximate surface area is 68.3 Å². The highest BCUT2D eigenvalue weighted by Gasteiger charge is 1.94. The molecule has 0 aliphatic carbocycles. The highest BCUT2D eigenvalue weighted by atomic mass is 35.5. The van der Waals surface area contributed by atoms with Crippen LogP contribution in [0.15, 0.2) is 23.3 Å². The van der Waals surface area contributed by atoms with Gasteiger partial charge in [0.25, 0.3) is 0 Å². The first kappa shape index (κ1) is 7.51. The van der Waals surface area contributed by atoms with Crippen molar-refractivity contribution in [3.63, 3.8) is 0 Å². The van der Waals surface area contributed by atoms with Crippen molar-refractivity contribution in [1.29, 1.82) is 0 Å². The predicted octanol–water partition coefficient (Wildman–Crippen LogP) is 3.65. The van der Waals surface area contributed by atoms with Crippen LogP contribution in [-0.2, 0) is 0 Å². The third kappa shape index (κ3) is 1.46. The van der Waals surface area contributed by atoms with Gasteiger partial charge in [-0.1, -0.05) is 23.2 Å². The second kappa shape index (κ2) is 2.99. The van der Waals surface area contributed by atoms with Crippen LogP contribution in [-0.4, -0.2) is 0 Å². The molecule has 1 aromatic carbocycles. The van der Waals surface area contributed by atoms with Crippen LogP contribution in [0, 0.1) is 0 Å². The maximum Gasteiger partial charge on any atom is 0.0645 e. The largest absolute Gasteiger partial charge is 0.706 e. The van der Waals surface area contributed by atoms with Gasteiger partial charge in [0.15, 0.2) is 0 Å². The van der Waals surface area contributed by atoms with E-state index in [4.69, 9.17) is 28.7 Å². The Morgan fingerprint density at radius 2 is 2.00 bits per heavy atom. The highest BCUT2D eigenvalue weighted by molar-refractivity contribution is 6.35. The van der Waals surface area contributed by atoms with Crippen LogP contribution in [0.4, 0.5) is 5.69 Å². The fourth-order valence-corrected chi connectivity index (χ4v) is 0.884. The van der Waals surface area contributed by atoms with E-state index < -0.39 is 0 Å². The number of hydrogen-bond donors (Lipinski definition) is 0. The van der Waals surface area contributed by atoms with Crippen LogP contribution in [0.5, 0.6) is 0 Å². The topological polar surface area (TPSA) is 34.7 Å². The fourth-order valence-electron chi connectivity index (χ4n) is 0.562. The molecule has 1 aromatic rings. The second-order valence-corrected chi connectivity index (χ2v) is 2.54. The predicted molar refractivity (Wildman–Crippen MR) is 41.9 cm³/mol. The summed E-state index contributed by atoms with van der Waals surface area (Å²) in [6.07, 6.45) is 0. The second-order valence-electron chi connectivity index (χ2n) is 1.70. The van der Waals surface area contributed by atoms with Gasteiger partial charge in [0, 0.05) is 5.02 Å². The monoisotopic (exact) mass is 173 g/mol. The lowest BCUT2D eigenvalue weighted by atomic mass is 10.3. The fraction of sp³-hybridized carbons (Fsp3) is 0. The third-order valence-corrected chi connectivity index (χ3v) is 1.57. The highest BCUT2D eigenvalue weighted by Crippen LogP contribution is 2.27. The molecule has 0 saturated heterocycles. The zero-order valence-corrected chi connectivity index (χ0v) is 6.39. The Kier molecular flexibility index (Phi) is 2.25. The number of hydrogen-bond acceptors (Lipinski definition) is 1.